The summed E-state index contributed by atoms with van der Waals surface area (Å²) in [5.74, 6) is 0.802. The van der Waals surface area contributed by atoms with Crippen LogP contribution in [0, 0.1) is 5.92 Å². The van der Waals surface area contributed by atoms with Gasteiger partial charge in [0.05, 0.1) is 13.2 Å². The molecule has 1 unspecified atom stereocenters. The molecule has 0 saturated carbocycles. The van der Waals surface area contributed by atoms with Crippen LogP contribution < -0.4 is 0 Å². The molecule has 0 aromatic carbocycles. The van der Waals surface area contributed by atoms with E-state index in [1.807, 2.05) is 0 Å². The van der Waals surface area contributed by atoms with Gasteiger partial charge in [0, 0.05) is 13.1 Å². The molecule has 2 rings (SSSR count). The summed E-state index contributed by atoms with van der Waals surface area (Å²) in [6, 6.07) is 0. The zero-order chi connectivity index (χ0) is 10.5. The Kier molecular flexibility index (Phi) is 4.66. The van der Waals surface area contributed by atoms with Crippen molar-refractivity contribution >= 4 is 15.9 Å². The molecule has 0 N–H and O–H groups in total. The Morgan fingerprint density at radius 2 is 2.20 bits per heavy atom. The van der Waals surface area contributed by atoms with Gasteiger partial charge >= 0.3 is 0 Å². The number of hydrogen-bond donors (Lipinski definition) is 0. The summed E-state index contributed by atoms with van der Waals surface area (Å²) >= 11 is 3.62. The van der Waals surface area contributed by atoms with E-state index in [-0.39, 0.29) is 0 Å². The molecule has 1 heterocycles. The number of nitrogens with zero attached hydrogens (tertiary/aromatic N) is 1. The first-order valence-corrected chi connectivity index (χ1v) is 6.80. The Bertz CT molecular complexity index is 224. The van der Waals surface area contributed by atoms with E-state index in [4.69, 9.17) is 4.74 Å². The van der Waals surface area contributed by atoms with Gasteiger partial charge in [0.1, 0.15) is 0 Å². The molecular weight excluding hydrogens is 254 g/mol. The molecule has 0 aromatic rings. The highest BCUT2D eigenvalue weighted by Crippen LogP contribution is 2.28. The molecular formula is C12H20BrNO. The van der Waals surface area contributed by atoms with Crippen molar-refractivity contribution < 1.29 is 4.74 Å². The van der Waals surface area contributed by atoms with Gasteiger partial charge in [0.2, 0.25) is 0 Å². The second kappa shape index (κ2) is 6.02. The van der Waals surface area contributed by atoms with E-state index in [0.717, 1.165) is 32.2 Å². The van der Waals surface area contributed by atoms with E-state index in [1.165, 1.54) is 36.7 Å². The summed E-state index contributed by atoms with van der Waals surface area (Å²) in [7, 11) is 0. The number of hydrogen-bond acceptors (Lipinski definition) is 2. The molecule has 1 saturated heterocycles. The van der Waals surface area contributed by atoms with E-state index in [9.17, 15) is 0 Å². The minimum atomic E-state index is 0.802. The Labute approximate surface area is 101 Å². The Morgan fingerprint density at radius 3 is 2.93 bits per heavy atom. The lowest BCUT2D eigenvalue weighted by Gasteiger charge is -2.28. The van der Waals surface area contributed by atoms with Crippen LogP contribution in [0.25, 0.3) is 0 Å². The summed E-state index contributed by atoms with van der Waals surface area (Å²) in [5, 5.41) is 0. The van der Waals surface area contributed by atoms with Gasteiger partial charge in [0.25, 0.3) is 0 Å². The van der Waals surface area contributed by atoms with Gasteiger partial charge in [-0.3, -0.25) is 4.90 Å². The molecule has 0 bridgehead atoms. The van der Waals surface area contributed by atoms with Crippen LogP contribution in [0.2, 0.25) is 0 Å². The molecule has 0 radical (unpaired) electrons. The van der Waals surface area contributed by atoms with Crippen molar-refractivity contribution in [3.8, 4) is 0 Å². The average Bonchev–Trinajstić information content (AvgIpc) is 2.28. The lowest BCUT2D eigenvalue weighted by atomic mass is 9.93. The normalized spacial score (nSPS) is 28.9. The lowest BCUT2D eigenvalue weighted by molar-refractivity contribution is 0.0359. The Morgan fingerprint density at radius 1 is 1.40 bits per heavy atom. The number of ether oxygens (including phenoxy) is 1. The van der Waals surface area contributed by atoms with Crippen molar-refractivity contribution in [1.82, 2.24) is 4.90 Å². The summed E-state index contributed by atoms with van der Waals surface area (Å²) in [6.45, 7) is 5.33. The number of rotatable bonds is 3. The molecule has 1 aliphatic carbocycles. The fourth-order valence-electron chi connectivity index (χ4n) is 2.36. The largest absolute Gasteiger partial charge is 0.379 e. The third-order valence-corrected chi connectivity index (χ3v) is 3.99. The Hall–Kier alpha value is 0.140. The van der Waals surface area contributed by atoms with Crippen LogP contribution in [0.5, 0.6) is 0 Å². The predicted octanol–water partition coefficient (Wildman–Crippen LogP) is 2.79. The first-order valence-electron chi connectivity index (χ1n) is 6.01. The zero-order valence-electron chi connectivity index (χ0n) is 9.25. The van der Waals surface area contributed by atoms with Crippen LogP contribution in [-0.4, -0.2) is 37.7 Å². The van der Waals surface area contributed by atoms with E-state index in [2.05, 4.69) is 26.9 Å². The molecule has 0 spiro atoms. The van der Waals surface area contributed by atoms with E-state index in [0.29, 0.717) is 0 Å². The van der Waals surface area contributed by atoms with Gasteiger partial charge in [-0.05, 0) is 42.6 Å². The van der Waals surface area contributed by atoms with Crippen LogP contribution in [0.1, 0.15) is 25.7 Å². The molecule has 1 aliphatic heterocycles. The van der Waals surface area contributed by atoms with Gasteiger partial charge in [0.15, 0.2) is 0 Å². The quantitative estimate of drug-likeness (QED) is 0.784. The maximum Gasteiger partial charge on any atom is 0.0594 e. The van der Waals surface area contributed by atoms with Gasteiger partial charge < -0.3 is 4.74 Å². The van der Waals surface area contributed by atoms with Crippen LogP contribution in [-0.2, 0) is 4.74 Å². The van der Waals surface area contributed by atoms with Crippen LogP contribution in [0.15, 0.2) is 10.6 Å². The highest BCUT2D eigenvalue weighted by Gasteiger charge is 2.15. The van der Waals surface area contributed by atoms with E-state index < -0.39 is 0 Å². The first kappa shape index (κ1) is 11.6. The fourth-order valence-corrected chi connectivity index (χ4v) is 3.01. The highest BCUT2D eigenvalue weighted by atomic mass is 79.9. The number of allylic oxidation sites excluding steroid dienone is 2. The molecule has 1 fully saturated rings. The molecule has 1 atom stereocenters. The second-order valence-electron chi connectivity index (χ2n) is 4.51. The summed E-state index contributed by atoms with van der Waals surface area (Å²) < 4.78 is 6.76. The minimum absolute atomic E-state index is 0.802. The van der Waals surface area contributed by atoms with Crippen LogP contribution >= 0.6 is 15.9 Å². The van der Waals surface area contributed by atoms with Crippen LogP contribution in [0.4, 0.5) is 0 Å². The summed E-state index contributed by atoms with van der Waals surface area (Å²) in [4.78, 5) is 2.53. The smallest absolute Gasteiger partial charge is 0.0594 e. The average molecular weight is 274 g/mol. The van der Waals surface area contributed by atoms with Gasteiger partial charge in [-0.15, -0.1) is 0 Å². The summed E-state index contributed by atoms with van der Waals surface area (Å²) in [5.41, 5.74) is 0. The predicted molar refractivity (Wildman–Crippen MR) is 66.2 cm³/mol. The minimum Gasteiger partial charge on any atom is -0.379 e. The van der Waals surface area contributed by atoms with Gasteiger partial charge in [-0.1, -0.05) is 22.0 Å². The topological polar surface area (TPSA) is 12.5 Å². The third-order valence-electron chi connectivity index (χ3n) is 3.33. The van der Waals surface area contributed by atoms with Gasteiger partial charge in [-0.25, -0.2) is 0 Å². The number of halogens is 1. The second-order valence-corrected chi connectivity index (χ2v) is 5.53. The fraction of sp³-hybridized carbons (Fsp3) is 0.833. The molecule has 3 heteroatoms. The van der Waals surface area contributed by atoms with Crippen molar-refractivity contribution in [2.75, 3.05) is 32.8 Å². The lowest BCUT2D eigenvalue weighted by Crippen LogP contribution is -2.37. The Balaban J connectivity index is 1.70. The highest BCUT2D eigenvalue weighted by molar-refractivity contribution is 9.11. The molecule has 0 amide bonds. The van der Waals surface area contributed by atoms with Gasteiger partial charge in [-0.2, -0.15) is 0 Å². The third kappa shape index (κ3) is 3.89. The zero-order valence-corrected chi connectivity index (χ0v) is 10.8. The maximum absolute atomic E-state index is 5.35. The first-order chi connectivity index (χ1) is 7.34. The van der Waals surface area contributed by atoms with Crippen LogP contribution in [0.3, 0.4) is 0 Å². The molecule has 15 heavy (non-hydrogen) atoms. The molecule has 2 aliphatic rings. The van der Waals surface area contributed by atoms with E-state index in [1.54, 1.807) is 0 Å². The van der Waals surface area contributed by atoms with Crippen molar-refractivity contribution in [2.45, 2.75) is 25.7 Å². The van der Waals surface area contributed by atoms with E-state index >= 15 is 0 Å². The van der Waals surface area contributed by atoms with Crippen molar-refractivity contribution in [2.24, 2.45) is 5.92 Å². The molecule has 2 nitrogen and oxygen atoms in total. The monoisotopic (exact) mass is 273 g/mol. The molecule has 86 valence electrons. The standard InChI is InChI=1S/C12H20BrNO/c13-12-3-1-2-11(10-12)4-5-14-6-8-15-9-7-14/h10-11H,1-9H2. The summed E-state index contributed by atoms with van der Waals surface area (Å²) in [6.07, 6.45) is 7.71. The van der Waals surface area contributed by atoms with Crippen molar-refractivity contribution in [3.63, 3.8) is 0 Å². The maximum atomic E-state index is 5.35. The van der Waals surface area contributed by atoms with Crippen molar-refractivity contribution in [3.05, 3.63) is 10.6 Å². The SMILES string of the molecule is BrC1=CC(CCN2CCOCC2)CCC1. The van der Waals surface area contributed by atoms with Crippen molar-refractivity contribution in [1.29, 1.82) is 0 Å². The number of morpholine rings is 1. The molecule has 0 aromatic heterocycles.